The molecular weight excluding hydrogens is 266 g/mol. The monoisotopic (exact) mass is 285 g/mol. The minimum absolute atomic E-state index is 0.473. The second kappa shape index (κ2) is 7.33. The summed E-state index contributed by atoms with van der Waals surface area (Å²) in [6.07, 6.45) is 1.37. The van der Waals surface area contributed by atoms with Crippen molar-refractivity contribution in [2.45, 2.75) is 13.8 Å². The quantitative estimate of drug-likeness (QED) is 0.382. The largest absolute Gasteiger partial charge is 0.490 e. The average molecular weight is 285 g/mol. The van der Waals surface area contributed by atoms with E-state index in [1.54, 1.807) is 0 Å². The molecule has 4 heteroatoms. The summed E-state index contributed by atoms with van der Waals surface area (Å²) in [6.45, 7) is 5.08. The highest BCUT2D eigenvalue weighted by atomic mass is 16.5. The van der Waals surface area contributed by atoms with Crippen LogP contribution in [0.4, 0.5) is 0 Å². The number of rotatable bonds is 6. The second-order valence-electron chi connectivity index (χ2n) is 4.71. The minimum Gasteiger partial charge on any atom is -0.490 e. The van der Waals surface area contributed by atoms with Crippen LogP contribution in [0, 0.1) is 13.8 Å². The first-order chi connectivity index (χ1) is 10.2. The van der Waals surface area contributed by atoms with E-state index in [9.17, 15) is 0 Å². The standard InChI is InChI=1S/C17H19NO3/c1-13-4-3-5-17(14(13)2)21-11-10-20-16-8-6-15(7-9-16)12-18-19/h3-9,12,19H,10-11H2,1-2H3. The molecule has 0 aliphatic carbocycles. The minimum atomic E-state index is 0.473. The lowest BCUT2D eigenvalue weighted by atomic mass is 10.1. The number of hydrogen-bond acceptors (Lipinski definition) is 4. The summed E-state index contributed by atoms with van der Waals surface area (Å²) in [6, 6.07) is 13.3. The van der Waals surface area contributed by atoms with Gasteiger partial charge in [0.05, 0.1) is 6.21 Å². The first-order valence-corrected chi connectivity index (χ1v) is 6.80. The molecule has 0 fully saturated rings. The van der Waals surface area contributed by atoms with Crippen molar-refractivity contribution in [2.75, 3.05) is 13.2 Å². The number of benzene rings is 2. The van der Waals surface area contributed by atoms with E-state index in [0.29, 0.717) is 13.2 Å². The van der Waals surface area contributed by atoms with Crippen LogP contribution in [-0.2, 0) is 0 Å². The summed E-state index contributed by atoms with van der Waals surface area (Å²) < 4.78 is 11.3. The van der Waals surface area contributed by atoms with E-state index in [4.69, 9.17) is 14.7 Å². The fraction of sp³-hybridized carbons (Fsp3) is 0.235. The molecule has 1 N–H and O–H groups in total. The topological polar surface area (TPSA) is 51.0 Å². The van der Waals surface area contributed by atoms with Gasteiger partial charge in [-0.15, -0.1) is 0 Å². The molecule has 4 nitrogen and oxygen atoms in total. The molecule has 0 saturated carbocycles. The Kier molecular flexibility index (Phi) is 5.21. The van der Waals surface area contributed by atoms with Crippen molar-refractivity contribution in [3.05, 3.63) is 59.2 Å². The highest BCUT2D eigenvalue weighted by molar-refractivity contribution is 5.79. The Morgan fingerprint density at radius 3 is 2.43 bits per heavy atom. The summed E-state index contributed by atoms with van der Waals surface area (Å²) in [4.78, 5) is 0. The lowest BCUT2D eigenvalue weighted by Gasteiger charge is -2.11. The van der Waals surface area contributed by atoms with E-state index < -0.39 is 0 Å². The van der Waals surface area contributed by atoms with Gasteiger partial charge in [0, 0.05) is 0 Å². The smallest absolute Gasteiger partial charge is 0.122 e. The third-order valence-corrected chi connectivity index (χ3v) is 3.25. The zero-order valence-corrected chi connectivity index (χ0v) is 12.2. The molecule has 0 aromatic heterocycles. The maximum Gasteiger partial charge on any atom is 0.122 e. The van der Waals surface area contributed by atoms with Crippen molar-refractivity contribution >= 4 is 6.21 Å². The lowest BCUT2D eigenvalue weighted by molar-refractivity contribution is 0.216. The SMILES string of the molecule is Cc1cccc(OCCOc2ccc(C=NO)cc2)c1C. The van der Waals surface area contributed by atoms with Crippen LogP contribution in [-0.4, -0.2) is 24.6 Å². The molecule has 0 atom stereocenters. The maximum atomic E-state index is 8.43. The zero-order chi connectivity index (χ0) is 15.1. The second-order valence-corrected chi connectivity index (χ2v) is 4.71. The van der Waals surface area contributed by atoms with Crippen LogP contribution in [0.5, 0.6) is 11.5 Å². The molecule has 2 rings (SSSR count). The molecule has 0 unspecified atom stereocenters. The zero-order valence-electron chi connectivity index (χ0n) is 12.2. The third-order valence-electron chi connectivity index (χ3n) is 3.25. The summed E-state index contributed by atoms with van der Waals surface area (Å²) >= 11 is 0. The number of oxime groups is 1. The lowest BCUT2D eigenvalue weighted by Crippen LogP contribution is -2.09. The van der Waals surface area contributed by atoms with E-state index in [2.05, 4.69) is 18.1 Å². The highest BCUT2D eigenvalue weighted by Gasteiger charge is 2.01. The van der Waals surface area contributed by atoms with Gasteiger partial charge in [0.1, 0.15) is 24.7 Å². The molecule has 21 heavy (non-hydrogen) atoms. The highest BCUT2D eigenvalue weighted by Crippen LogP contribution is 2.20. The number of aryl methyl sites for hydroxylation is 1. The van der Waals surface area contributed by atoms with E-state index in [0.717, 1.165) is 22.6 Å². The summed E-state index contributed by atoms with van der Waals surface area (Å²) in [5.41, 5.74) is 3.19. The van der Waals surface area contributed by atoms with Crippen molar-refractivity contribution < 1.29 is 14.7 Å². The van der Waals surface area contributed by atoms with Gasteiger partial charge in [-0.1, -0.05) is 17.3 Å². The van der Waals surface area contributed by atoms with Gasteiger partial charge < -0.3 is 14.7 Å². The van der Waals surface area contributed by atoms with Crippen LogP contribution in [0.15, 0.2) is 47.6 Å². The fourth-order valence-electron chi connectivity index (χ4n) is 1.91. The van der Waals surface area contributed by atoms with Crippen LogP contribution in [0.1, 0.15) is 16.7 Å². The van der Waals surface area contributed by atoms with Crippen molar-refractivity contribution in [1.29, 1.82) is 0 Å². The van der Waals surface area contributed by atoms with Crippen LogP contribution < -0.4 is 9.47 Å². The predicted octanol–water partition coefficient (Wildman–Crippen LogP) is 3.57. The van der Waals surface area contributed by atoms with Crippen LogP contribution >= 0.6 is 0 Å². The van der Waals surface area contributed by atoms with E-state index in [1.807, 2.05) is 43.3 Å². The maximum absolute atomic E-state index is 8.43. The van der Waals surface area contributed by atoms with Crippen LogP contribution in [0.3, 0.4) is 0 Å². The van der Waals surface area contributed by atoms with Crippen molar-refractivity contribution in [3.8, 4) is 11.5 Å². The number of ether oxygens (including phenoxy) is 2. The molecule has 0 amide bonds. The van der Waals surface area contributed by atoms with Gasteiger partial charge in [-0.25, -0.2) is 0 Å². The average Bonchev–Trinajstić information content (AvgIpc) is 2.50. The molecule has 0 radical (unpaired) electrons. The van der Waals surface area contributed by atoms with Gasteiger partial charge in [-0.2, -0.15) is 0 Å². The van der Waals surface area contributed by atoms with Gasteiger partial charge >= 0.3 is 0 Å². The molecule has 0 bridgehead atoms. The summed E-state index contributed by atoms with van der Waals surface area (Å²) in [5, 5.41) is 11.4. The van der Waals surface area contributed by atoms with Crippen molar-refractivity contribution in [3.63, 3.8) is 0 Å². The fourth-order valence-corrected chi connectivity index (χ4v) is 1.91. The Morgan fingerprint density at radius 1 is 1.00 bits per heavy atom. The Balaban J connectivity index is 1.80. The Bertz CT molecular complexity index is 606. The molecule has 0 saturated heterocycles. The Labute approximate surface area is 124 Å². The molecule has 110 valence electrons. The number of nitrogens with zero attached hydrogens (tertiary/aromatic N) is 1. The van der Waals surface area contributed by atoms with E-state index >= 15 is 0 Å². The van der Waals surface area contributed by atoms with E-state index in [1.165, 1.54) is 11.8 Å². The van der Waals surface area contributed by atoms with Gasteiger partial charge in [-0.3, -0.25) is 0 Å². The molecule has 2 aromatic rings. The van der Waals surface area contributed by atoms with Gasteiger partial charge in [0.2, 0.25) is 0 Å². The van der Waals surface area contributed by atoms with Crippen molar-refractivity contribution in [2.24, 2.45) is 5.16 Å². The molecule has 0 spiro atoms. The van der Waals surface area contributed by atoms with Crippen molar-refractivity contribution in [1.82, 2.24) is 0 Å². The van der Waals surface area contributed by atoms with Crippen LogP contribution in [0.25, 0.3) is 0 Å². The first-order valence-electron chi connectivity index (χ1n) is 6.80. The summed E-state index contributed by atoms with van der Waals surface area (Å²) in [7, 11) is 0. The Morgan fingerprint density at radius 2 is 1.71 bits per heavy atom. The molecule has 0 aliphatic heterocycles. The third kappa shape index (κ3) is 4.24. The first kappa shape index (κ1) is 14.9. The van der Waals surface area contributed by atoms with Gasteiger partial charge in [-0.05, 0) is 60.9 Å². The van der Waals surface area contributed by atoms with Gasteiger partial charge in [0.25, 0.3) is 0 Å². The molecule has 0 aliphatic rings. The summed E-state index contributed by atoms with van der Waals surface area (Å²) in [5.74, 6) is 1.66. The molecule has 2 aromatic carbocycles. The predicted molar refractivity (Wildman–Crippen MR) is 82.7 cm³/mol. The Hall–Kier alpha value is -2.49. The normalized spacial score (nSPS) is 10.8. The number of hydrogen-bond donors (Lipinski definition) is 1. The van der Waals surface area contributed by atoms with Gasteiger partial charge in [0.15, 0.2) is 0 Å². The molecular formula is C17H19NO3. The molecule has 0 heterocycles. The van der Waals surface area contributed by atoms with Crippen LogP contribution in [0.2, 0.25) is 0 Å². The van der Waals surface area contributed by atoms with E-state index in [-0.39, 0.29) is 0 Å².